The number of aromatic nitrogens is 2. The van der Waals surface area contributed by atoms with Crippen LogP contribution in [-0.2, 0) is 17.9 Å². The normalized spacial score (nSPS) is 10.8. The minimum absolute atomic E-state index is 0.00814. The Balaban J connectivity index is 1.79. The van der Waals surface area contributed by atoms with Gasteiger partial charge in [-0.05, 0) is 23.1 Å². The van der Waals surface area contributed by atoms with E-state index in [4.69, 9.17) is 9.47 Å². The fourth-order valence-corrected chi connectivity index (χ4v) is 3.35. The third-order valence-corrected chi connectivity index (χ3v) is 4.54. The van der Waals surface area contributed by atoms with Crippen LogP contribution in [0.5, 0.6) is 5.75 Å². The van der Waals surface area contributed by atoms with Crippen LogP contribution in [0.25, 0.3) is 10.2 Å². The van der Waals surface area contributed by atoms with Crippen LogP contribution in [0, 0.1) is 0 Å². The summed E-state index contributed by atoms with van der Waals surface area (Å²) in [6.07, 6.45) is 0. The molecule has 0 radical (unpaired) electrons. The molecule has 0 atom stereocenters. The first kappa shape index (κ1) is 17.1. The number of hydrogen-bond donors (Lipinski definition) is 2. The van der Waals surface area contributed by atoms with Crippen LogP contribution in [0.15, 0.2) is 34.4 Å². The second-order valence-corrected chi connectivity index (χ2v) is 6.18. The van der Waals surface area contributed by atoms with E-state index in [0.717, 1.165) is 11.1 Å². The van der Waals surface area contributed by atoms with E-state index in [1.54, 1.807) is 14.2 Å². The monoisotopic (exact) mass is 359 g/mol. The fourth-order valence-electron chi connectivity index (χ4n) is 2.42. The zero-order valence-corrected chi connectivity index (χ0v) is 14.6. The van der Waals surface area contributed by atoms with Crippen LogP contribution in [0.1, 0.15) is 21.7 Å². The lowest BCUT2D eigenvalue weighted by atomic mass is 10.2. The maximum atomic E-state index is 12.3. The van der Waals surface area contributed by atoms with E-state index in [-0.39, 0.29) is 11.4 Å². The second kappa shape index (κ2) is 7.45. The summed E-state index contributed by atoms with van der Waals surface area (Å²) < 4.78 is 10.2. The molecule has 0 fully saturated rings. The Morgan fingerprint density at radius 1 is 1.36 bits per heavy atom. The predicted molar refractivity (Wildman–Crippen MR) is 95.1 cm³/mol. The van der Waals surface area contributed by atoms with Gasteiger partial charge in [0.05, 0.1) is 19.1 Å². The van der Waals surface area contributed by atoms with Crippen molar-refractivity contribution in [1.82, 2.24) is 15.3 Å². The van der Waals surface area contributed by atoms with Gasteiger partial charge in [0.15, 0.2) is 0 Å². The SMILES string of the molecule is COCc1csc2nc(C(=O)NCc3cccc(OC)c3)[nH]c(=O)c12. The Kier molecular flexibility index (Phi) is 5.11. The van der Waals surface area contributed by atoms with Gasteiger partial charge in [0.2, 0.25) is 5.82 Å². The molecule has 8 heteroatoms. The fraction of sp³-hybridized carbons (Fsp3) is 0.235. The van der Waals surface area contributed by atoms with Crippen molar-refractivity contribution >= 4 is 27.5 Å². The lowest BCUT2D eigenvalue weighted by Crippen LogP contribution is -2.27. The van der Waals surface area contributed by atoms with Gasteiger partial charge < -0.3 is 19.8 Å². The number of hydrogen-bond acceptors (Lipinski definition) is 6. The Morgan fingerprint density at radius 3 is 2.96 bits per heavy atom. The number of benzene rings is 1. The number of thiophene rings is 1. The molecule has 0 spiro atoms. The van der Waals surface area contributed by atoms with Crippen LogP contribution in [0.2, 0.25) is 0 Å². The van der Waals surface area contributed by atoms with Gasteiger partial charge in [-0.3, -0.25) is 9.59 Å². The largest absolute Gasteiger partial charge is 0.497 e. The van der Waals surface area contributed by atoms with Crippen LogP contribution in [0.4, 0.5) is 0 Å². The summed E-state index contributed by atoms with van der Waals surface area (Å²) in [5.74, 6) is 0.263. The van der Waals surface area contributed by atoms with Crippen molar-refractivity contribution in [2.24, 2.45) is 0 Å². The smallest absolute Gasteiger partial charge is 0.287 e. The molecule has 0 saturated heterocycles. The molecule has 1 amide bonds. The van der Waals surface area contributed by atoms with Gasteiger partial charge in [-0.1, -0.05) is 12.1 Å². The van der Waals surface area contributed by atoms with Gasteiger partial charge in [0, 0.05) is 19.2 Å². The van der Waals surface area contributed by atoms with Gasteiger partial charge in [-0.25, -0.2) is 4.98 Å². The van der Waals surface area contributed by atoms with Gasteiger partial charge in [-0.15, -0.1) is 11.3 Å². The van der Waals surface area contributed by atoms with Crippen molar-refractivity contribution < 1.29 is 14.3 Å². The molecule has 2 aromatic heterocycles. The first-order chi connectivity index (χ1) is 12.1. The van der Waals surface area contributed by atoms with Crippen molar-refractivity contribution in [2.45, 2.75) is 13.2 Å². The van der Waals surface area contributed by atoms with Crippen LogP contribution >= 0.6 is 11.3 Å². The van der Waals surface area contributed by atoms with Gasteiger partial charge >= 0.3 is 0 Å². The highest BCUT2D eigenvalue weighted by atomic mass is 32.1. The number of nitrogens with one attached hydrogen (secondary N) is 2. The van der Waals surface area contributed by atoms with Crippen LogP contribution < -0.4 is 15.6 Å². The van der Waals surface area contributed by atoms with E-state index in [9.17, 15) is 9.59 Å². The number of methoxy groups -OCH3 is 2. The number of nitrogens with zero attached hydrogens (tertiary/aromatic N) is 1. The molecule has 25 heavy (non-hydrogen) atoms. The molecule has 3 rings (SSSR count). The standard InChI is InChI=1S/C17H17N3O4S/c1-23-8-11-9-25-17-13(11)15(21)19-14(20-17)16(22)18-7-10-4-3-5-12(6-10)24-2/h3-6,9H,7-8H2,1-2H3,(H,18,22)(H,19,20,21). The summed E-state index contributed by atoms with van der Waals surface area (Å²) in [5.41, 5.74) is 1.30. The number of ether oxygens (including phenoxy) is 2. The number of rotatable bonds is 6. The minimum atomic E-state index is -0.441. The average Bonchev–Trinajstić information content (AvgIpc) is 3.03. The molecule has 0 aliphatic rings. The molecule has 2 heterocycles. The molecule has 3 aromatic rings. The van der Waals surface area contributed by atoms with E-state index in [1.165, 1.54) is 11.3 Å². The summed E-state index contributed by atoms with van der Waals surface area (Å²) >= 11 is 1.31. The van der Waals surface area contributed by atoms with Crippen molar-refractivity contribution in [3.63, 3.8) is 0 Å². The maximum Gasteiger partial charge on any atom is 0.287 e. The number of carbonyl (C=O) groups is 1. The van der Waals surface area contributed by atoms with E-state index < -0.39 is 5.91 Å². The number of carbonyl (C=O) groups excluding carboxylic acids is 1. The molecule has 2 N–H and O–H groups in total. The first-order valence-electron chi connectivity index (χ1n) is 7.53. The highest BCUT2D eigenvalue weighted by molar-refractivity contribution is 7.16. The van der Waals surface area contributed by atoms with E-state index >= 15 is 0 Å². The van der Waals surface area contributed by atoms with Gasteiger partial charge in [0.25, 0.3) is 11.5 Å². The Hall–Kier alpha value is -2.71. The first-order valence-corrected chi connectivity index (χ1v) is 8.40. The third kappa shape index (κ3) is 3.70. The summed E-state index contributed by atoms with van der Waals surface area (Å²) in [7, 11) is 3.14. The number of fused-ring (bicyclic) bond motifs is 1. The average molecular weight is 359 g/mol. The maximum absolute atomic E-state index is 12.3. The van der Waals surface area contributed by atoms with Gasteiger partial charge in [0.1, 0.15) is 10.6 Å². The number of amides is 1. The van der Waals surface area contributed by atoms with Crippen molar-refractivity contribution in [3.8, 4) is 5.75 Å². The number of aromatic amines is 1. The Labute approximate surface area is 147 Å². The topological polar surface area (TPSA) is 93.3 Å². The summed E-state index contributed by atoms with van der Waals surface area (Å²) in [6.45, 7) is 0.628. The minimum Gasteiger partial charge on any atom is -0.497 e. The molecule has 1 aromatic carbocycles. The van der Waals surface area contributed by atoms with E-state index in [1.807, 2.05) is 29.6 Å². The highest BCUT2D eigenvalue weighted by Crippen LogP contribution is 2.21. The van der Waals surface area contributed by atoms with Crippen LogP contribution in [-0.4, -0.2) is 30.1 Å². The molecule has 0 aliphatic heterocycles. The molecule has 130 valence electrons. The molecule has 7 nitrogen and oxygen atoms in total. The molecule has 0 unspecified atom stereocenters. The zero-order chi connectivity index (χ0) is 17.8. The molecule has 0 aliphatic carbocycles. The Morgan fingerprint density at radius 2 is 2.20 bits per heavy atom. The quantitative estimate of drug-likeness (QED) is 0.703. The van der Waals surface area contributed by atoms with Crippen molar-refractivity contribution in [2.75, 3.05) is 14.2 Å². The predicted octanol–water partition coefficient (Wildman–Crippen LogP) is 2.07. The lowest BCUT2D eigenvalue weighted by Gasteiger charge is -2.06. The van der Waals surface area contributed by atoms with E-state index in [2.05, 4.69) is 15.3 Å². The van der Waals surface area contributed by atoms with Gasteiger partial charge in [-0.2, -0.15) is 0 Å². The lowest BCUT2D eigenvalue weighted by molar-refractivity contribution is 0.0940. The third-order valence-electron chi connectivity index (χ3n) is 3.62. The zero-order valence-electron chi connectivity index (χ0n) is 13.8. The highest BCUT2D eigenvalue weighted by Gasteiger charge is 2.15. The Bertz CT molecular complexity index is 964. The van der Waals surface area contributed by atoms with Crippen molar-refractivity contribution in [3.05, 3.63) is 57.0 Å². The summed E-state index contributed by atoms with van der Waals surface area (Å²) in [5, 5.41) is 5.03. The summed E-state index contributed by atoms with van der Waals surface area (Å²) in [4.78, 5) is 31.9. The summed E-state index contributed by atoms with van der Waals surface area (Å²) in [6, 6.07) is 7.37. The molecular weight excluding hydrogens is 342 g/mol. The molecule has 0 bridgehead atoms. The second-order valence-electron chi connectivity index (χ2n) is 5.32. The number of H-pyrrole nitrogens is 1. The molecular formula is C17H17N3O4S. The van der Waals surface area contributed by atoms with Crippen molar-refractivity contribution in [1.29, 1.82) is 0 Å². The van der Waals surface area contributed by atoms with E-state index in [0.29, 0.717) is 29.1 Å². The van der Waals surface area contributed by atoms with Crippen LogP contribution in [0.3, 0.4) is 0 Å². The molecule has 0 saturated carbocycles.